The molecule has 2 aliphatic heterocycles. The SMILES string of the molecule is Cc1ccc(C(F)(F)F)cc1C(=O)C1CC2CCC(C1)O2. The van der Waals surface area contributed by atoms with Gasteiger partial charge in [-0.05, 0) is 50.3 Å². The molecule has 0 amide bonds. The lowest BCUT2D eigenvalue weighted by molar-refractivity contribution is -0.137. The number of hydrogen-bond acceptors (Lipinski definition) is 2. The summed E-state index contributed by atoms with van der Waals surface area (Å²) in [5.74, 6) is -0.378. The van der Waals surface area contributed by atoms with Crippen LogP contribution in [0.1, 0.15) is 47.2 Å². The fraction of sp³-hybridized carbons (Fsp3) is 0.562. The first-order valence-electron chi connectivity index (χ1n) is 7.22. The molecule has 2 nitrogen and oxygen atoms in total. The molecule has 0 spiro atoms. The fourth-order valence-electron chi connectivity index (χ4n) is 3.36. The number of Topliss-reactive ketones (excluding diaryl/α,β-unsaturated/α-hetero) is 1. The number of ketones is 1. The zero-order valence-corrected chi connectivity index (χ0v) is 11.7. The van der Waals surface area contributed by atoms with Gasteiger partial charge in [-0.15, -0.1) is 0 Å². The average Bonchev–Trinajstić information content (AvgIpc) is 2.76. The molecule has 2 aliphatic rings. The van der Waals surface area contributed by atoms with Crippen LogP contribution < -0.4 is 0 Å². The Kier molecular flexibility index (Phi) is 3.56. The van der Waals surface area contributed by atoms with Gasteiger partial charge in [0.25, 0.3) is 0 Å². The van der Waals surface area contributed by atoms with Gasteiger partial charge in [0.15, 0.2) is 5.78 Å². The molecule has 0 aliphatic carbocycles. The molecular weight excluding hydrogens is 281 g/mol. The molecule has 2 bridgehead atoms. The molecule has 21 heavy (non-hydrogen) atoms. The van der Waals surface area contributed by atoms with Crippen LogP contribution in [-0.4, -0.2) is 18.0 Å². The smallest absolute Gasteiger partial charge is 0.375 e. The Morgan fingerprint density at radius 2 is 1.81 bits per heavy atom. The van der Waals surface area contributed by atoms with E-state index in [1.165, 1.54) is 6.07 Å². The number of fused-ring (bicyclic) bond motifs is 2. The highest BCUT2D eigenvalue weighted by molar-refractivity contribution is 5.99. The number of aryl methyl sites for hydroxylation is 1. The van der Waals surface area contributed by atoms with Crippen LogP contribution in [0.5, 0.6) is 0 Å². The van der Waals surface area contributed by atoms with Gasteiger partial charge in [0.1, 0.15) is 0 Å². The maximum absolute atomic E-state index is 12.8. The van der Waals surface area contributed by atoms with Crippen molar-refractivity contribution in [1.82, 2.24) is 0 Å². The highest BCUT2D eigenvalue weighted by Crippen LogP contribution is 2.38. The Balaban J connectivity index is 1.87. The number of ether oxygens (including phenoxy) is 1. The predicted molar refractivity (Wildman–Crippen MR) is 71.1 cm³/mol. The maximum atomic E-state index is 12.8. The van der Waals surface area contributed by atoms with Gasteiger partial charge in [-0.3, -0.25) is 4.79 Å². The minimum Gasteiger partial charge on any atom is -0.375 e. The topological polar surface area (TPSA) is 26.3 Å². The molecule has 3 rings (SSSR count). The number of halogens is 3. The van der Waals surface area contributed by atoms with E-state index < -0.39 is 11.7 Å². The zero-order chi connectivity index (χ0) is 15.2. The van der Waals surface area contributed by atoms with Crippen molar-refractivity contribution in [3.05, 3.63) is 34.9 Å². The van der Waals surface area contributed by atoms with Gasteiger partial charge in [-0.1, -0.05) is 6.07 Å². The quantitative estimate of drug-likeness (QED) is 0.767. The largest absolute Gasteiger partial charge is 0.416 e. The summed E-state index contributed by atoms with van der Waals surface area (Å²) in [5.41, 5.74) is 0.0504. The molecule has 0 aromatic heterocycles. The molecule has 0 saturated carbocycles. The van der Waals surface area contributed by atoms with Crippen molar-refractivity contribution >= 4 is 5.78 Å². The summed E-state index contributed by atoms with van der Waals surface area (Å²) in [7, 11) is 0. The molecule has 5 heteroatoms. The van der Waals surface area contributed by atoms with E-state index in [2.05, 4.69) is 0 Å². The molecule has 1 aromatic rings. The van der Waals surface area contributed by atoms with Crippen LogP contribution in [-0.2, 0) is 10.9 Å². The maximum Gasteiger partial charge on any atom is 0.416 e. The number of rotatable bonds is 2. The van der Waals surface area contributed by atoms with Crippen LogP contribution in [0.4, 0.5) is 13.2 Å². The van der Waals surface area contributed by atoms with Gasteiger partial charge in [-0.25, -0.2) is 0 Å². The van der Waals surface area contributed by atoms with Gasteiger partial charge in [0.2, 0.25) is 0 Å². The number of carbonyl (C=O) groups is 1. The van der Waals surface area contributed by atoms with Gasteiger partial charge in [-0.2, -0.15) is 13.2 Å². The average molecular weight is 298 g/mol. The van der Waals surface area contributed by atoms with Crippen molar-refractivity contribution in [2.45, 2.75) is 51.0 Å². The highest BCUT2D eigenvalue weighted by Gasteiger charge is 2.39. The zero-order valence-electron chi connectivity index (χ0n) is 11.7. The number of benzene rings is 1. The van der Waals surface area contributed by atoms with Gasteiger partial charge >= 0.3 is 6.18 Å². The lowest BCUT2D eigenvalue weighted by Gasteiger charge is -2.27. The molecule has 1 aromatic carbocycles. The number of hydrogen-bond donors (Lipinski definition) is 0. The van der Waals surface area contributed by atoms with E-state index in [0.717, 1.165) is 25.0 Å². The third-order valence-corrected chi connectivity index (χ3v) is 4.49. The lowest BCUT2D eigenvalue weighted by Crippen LogP contribution is -2.30. The predicted octanol–water partition coefficient (Wildman–Crippen LogP) is 4.15. The van der Waals surface area contributed by atoms with Gasteiger partial charge < -0.3 is 4.74 Å². The Bertz CT molecular complexity index is 553. The standard InChI is InChI=1S/C16H17F3O2/c1-9-2-3-11(16(17,18)19)8-14(9)15(20)10-6-12-4-5-13(7-10)21-12/h2-3,8,10,12-13H,4-7H2,1H3. The summed E-state index contributed by atoms with van der Waals surface area (Å²) in [5, 5.41) is 0. The third-order valence-electron chi connectivity index (χ3n) is 4.49. The van der Waals surface area contributed by atoms with E-state index in [1.54, 1.807) is 6.92 Å². The van der Waals surface area contributed by atoms with E-state index in [-0.39, 0.29) is 29.5 Å². The van der Waals surface area contributed by atoms with E-state index >= 15 is 0 Å². The van der Waals surface area contributed by atoms with E-state index in [1.807, 2.05) is 0 Å². The summed E-state index contributed by atoms with van der Waals surface area (Å²) < 4.78 is 44.1. The monoisotopic (exact) mass is 298 g/mol. The van der Waals surface area contributed by atoms with Crippen molar-refractivity contribution in [2.24, 2.45) is 5.92 Å². The third kappa shape index (κ3) is 2.84. The van der Waals surface area contributed by atoms with E-state index in [0.29, 0.717) is 18.4 Å². The second-order valence-corrected chi connectivity index (χ2v) is 6.02. The molecular formula is C16H17F3O2. The Morgan fingerprint density at radius 3 is 2.38 bits per heavy atom. The van der Waals surface area contributed by atoms with Crippen LogP contribution in [0, 0.1) is 12.8 Å². The molecule has 2 unspecified atom stereocenters. The summed E-state index contributed by atoms with van der Waals surface area (Å²) in [6.45, 7) is 1.68. The summed E-state index contributed by atoms with van der Waals surface area (Å²) in [6.07, 6.45) is -1.05. The first kappa shape index (κ1) is 14.6. The normalized spacial score (nSPS) is 28.7. The minimum absolute atomic E-state index is 0.101. The molecule has 2 fully saturated rings. The van der Waals surface area contributed by atoms with Crippen LogP contribution in [0.25, 0.3) is 0 Å². The first-order chi connectivity index (χ1) is 9.84. The van der Waals surface area contributed by atoms with Crippen LogP contribution in [0.15, 0.2) is 18.2 Å². The van der Waals surface area contributed by atoms with Crippen LogP contribution in [0.3, 0.4) is 0 Å². The summed E-state index contributed by atoms with van der Waals surface area (Å²) in [4.78, 5) is 12.6. The van der Waals surface area contributed by atoms with Crippen molar-refractivity contribution < 1.29 is 22.7 Å². The molecule has 0 radical (unpaired) electrons. The van der Waals surface area contributed by atoms with Crippen molar-refractivity contribution in [3.63, 3.8) is 0 Å². The van der Waals surface area contributed by atoms with Gasteiger partial charge in [0.05, 0.1) is 17.8 Å². The second-order valence-electron chi connectivity index (χ2n) is 6.02. The molecule has 2 heterocycles. The Hall–Kier alpha value is -1.36. The summed E-state index contributed by atoms with van der Waals surface area (Å²) in [6, 6.07) is 3.40. The van der Waals surface area contributed by atoms with Crippen molar-refractivity contribution in [1.29, 1.82) is 0 Å². The second kappa shape index (κ2) is 5.13. The lowest BCUT2D eigenvalue weighted by atomic mass is 9.86. The van der Waals surface area contributed by atoms with E-state index in [9.17, 15) is 18.0 Å². The molecule has 0 N–H and O–H groups in total. The van der Waals surface area contributed by atoms with Crippen molar-refractivity contribution in [3.8, 4) is 0 Å². The summed E-state index contributed by atoms with van der Waals surface area (Å²) >= 11 is 0. The van der Waals surface area contributed by atoms with Crippen LogP contribution >= 0.6 is 0 Å². The minimum atomic E-state index is -4.42. The number of alkyl halides is 3. The van der Waals surface area contributed by atoms with Crippen LogP contribution in [0.2, 0.25) is 0 Å². The Morgan fingerprint density at radius 1 is 1.19 bits per heavy atom. The van der Waals surface area contributed by atoms with Crippen molar-refractivity contribution in [2.75, 3.05) is 0 Å². The van der Waals surface area contributed by atoms with Gasteiger partial charge in [0, 0.05) is 11.5 Å². The molecule has 114 valence electrons. The highest BCUT2D eigenvalue weighted by atomic mass is 19.4. The Labute approximate surface area is 121 Å². The van der Waals surface area contributed by atoms with E-state index in [4.69, 9.17) is 4.74 Å². The first-order valence-corrected chi connectivity index (χ1v) is 7.22. The fourth-order valence-corrected chi connectivity index (χ4v) is 3.36. The molecule has 2 saturated heterocycles. The number of carbonyl (C=O) groups excluding carboxylic acids is 1. The molecule has 2 atom stereocenters.